The molecule has 0 unspecified atom stereocenters. The van der Waals surface area contributed by atoms with Crippen LogP contribution >= 0.6 is 11.9 Å². The fraction of sp³-hybridized carbons (Fsp3) is 0.143. The van der Waals surface area contributed by atoms with Crippen molar-refractivity contribution in [3.63, 3.8) is 0 Å². The minimum atomic E-state index is -0.959. The Labute approximate surface area is 78.1 Å². The van der Waals surface area contributed by atoms with Gasteiger partial charge >= 0.3 is 78.7 Å². The van der Waals surface area contributed by atoms with Crippen LogP contribution in [0.3, 0.4) is 0 Å². The van der Waals surface area contributed by atoms with Crippen LogP contribution in [0.15, 0.2) is 24.3 Å². The number of aliphatic hydroxyl groups excluding tert-OH is 1. The Morgan fingerprint density at radius 1 is 1.40 bits per heavy atom. The molecule has 1 aromatic carbocycles. The van der Waals surface area contributed by atoms with Gasteiger partial charge in [0.15, 0.2) is 0 Å². The van der Waals surface area contributed by atoms with E-state index in [9.17, 15) is 0 Å². The third-order valence-corrected chi connectivity index (χ3v) is 10.5. The molecule has 50 valence electrons. The topological polar surface area (TPSA) is 20.2 Å². The summed E-state index contributed by atoms with van der Waals surface area (Å²) in [5.74, 6) is 0. The Bertz CT molecular complexity index is 192. The Balaban J connectivity index is 2.96. The van der Waals surface area contributed by atoms with Crippen LogP contribution < -0.4 is 3.07 Å². The molecule has 0 aliphatic carbocycles. The zero-order valence-corrected chi connectivity index (χ0v) is 12.6. The molecular formula is C7H7BrHgO. The Hall–Kier alpha value is 0.595. The molecule has 0 heterocycles. The molecule has 0 saturated heterocycles. The molecule has 1 aromatic rings. The van der Waals surface area contributed by atoms with E-state index >= 15 is 0 Å². The van der Waals surface area contributed by atoms with E-state index in [1.807, 2.05) is 18.2 Å². The van der Waals surface area contributed by atoms with Gasteiger partial charge in [-0.1, -0.05) is 0 Å². The SMILES string of the molecule is OCc1cccc[c]1[Hg][Br]. The van der Waals surface area contributed by atoms with E-state index in [1.165, 1.54) is 3.07 Å². The molecule has 1 N–H and O–H groups in total. The average molecular weight is 388 g/mol. The summed E-state index contributed by atoms with van der Waals surface area (Å²) < 4.78 is 1.38. The Morgan fingerprint density at radius 2 is 2.10 bits per heavy atom. The van der Waals surface area contributed by atoms with Crippen molar-refractivity contribution < 1.29 is 27.3 Å². The van der Waals surface area contributed by atoms with Gasteiger partial charge in [0.25, 0.3) is 0 Å². The summed E-state index contributed by atoms with van der Waals surface area (Å²) in [6, 6.07) is 8.07. The number of rotatable bonds is 2. The number of benzene rings is 1. The molecule has 0 aliphatic heterocycles. The first kappa shape index (κ1) is 8.69. The normalized spacial score (nSPS) is 9.00. The summed E-state index contributed by atoms with van der Waals surface area (Å²) in [7, 11) is 0. The molecule has 0 spiro atoms. The van der Waals surface area contributed by atoms with E-state index in [0.29, 0.717) is 0 Å². The zero-order chi connectivity index (χ0) is 7.40. The number of hydrogen-bond acceptors (Lipinski definition) is 1. The maximum atomic E-state index is 8.86. The molecule has 10 heavy (non-hydrogen) atoms. The van der Waals surface area contributed by atoms with Crippen molar-refractivity contribution >= 4 is 15.0 Å². The quantitative estimate of drug-likeness (QED) is 0.756. The van der Waals surface area contributed by atoms with Gasteiger partial charge in [0.05, 0.1) is 0 Å². The molecule has 0 atom stereocenters. The van der Waals surface area contributed by atoms with E-state index < -0.39 is 22.1 Å². The van der Waals surface area contributed by atoms with Gasteiger partial charge in [0.2, 0.25) is 0 Å². The molecule has 3 heteroatoms. The molecule has 0 radical (unpaired) electrons. The molecule has 1 nitrogen and oxygen atoms in total. The van der Waals surface area contributed by atoms with Crippen molar-refractivity contribution in [3.8, 4) is 0 Å². The van der Waals surface area contributed by atoms with Crippen LogP contribution in [0.5, 0.6) is 0 Å². The molecule has 0 amide bonds. The molecule has 1 rings (SSSR count). The minimum absolute atomic E-state index is 0.182. The summed E-state index contributed by atoms with van der Waals surface area (Å²) in [5.41, 5.74) is 1.10. The maximum absolute atomic E-state index is 8.86. The van der Waals surface area contributed by atoms with Crippen LogP contribution in [0.25, 0.3) is 0 Å². The van der Waals surface area contributed by atoms with E-state index in [0.717, 1.165) is 5.56 Å². The van der Waals surface area contributed by atoms with Crippen LogP contribution in [0, 0.1) is 0 Å². The van der Waals surface area contributed by atoms with Crippen molar-refractivity contribution in [2.24, 2.45) is 0 Å². The molecule has 0 fully saturated rings. The van der Waals surface area contributed by atoms with Crippen molar-refractivity contribution in [2.45, 2.75) is 6.61 Å². The van der Waals surface area contributed by atoms with Crippen LogP contribution in [-0.2, 0) is 28.8 Å². The fourth-order valence-electron chi connectivity index (χ4n) is 0.842. The first-order chi connectivity index (χ1) is 4.88. The molecule has 0 aromatic heterocycles. The van der Waals surface area contributed by atoms with Gasteiger partial charge in [-0.2, -0.15) is 0 Å². The molecular weight excluding hydrogens is 381 g/mol. The molecule has 0 aliphatic rings. The second-order valence-electron chi connectivity index (χ2n) is 2.06. The van der Waals surface area contributed by atoms with Gasteiger partial charge in [0, 0.05) is 0 Å². The Morgan fingerprint density at radius 3 is 2.60 bits per heavy atom. The van der Waals surface area contributed by atoms with E-state index in [4.69, 9.17) is 5.11 Å². The third kappa shape index (κ3) is 2.04. The van der Waals surface area contributed by atoms with Crippen LogP contribution in [0.2, 0.25) is 0 Å². The molecule has 0 bridgehead atoms. The average Bonchev–Trinajstić information content (AvgIpc) is 2.04. The summed E-state index contributed by atoms with van der Waals surface area (Å²) in [6.07, 6.45) is 0. The van der Waals surface area contributed by atoms with Crippen molar-refractivity contribution in [3.05, 3.63) is 29.8 Å². The van der Waals surface area contributed by atoms with E-state index in [1.54, 1.807) is 0 Å². The van der Waals surface area contributed by atoms with Crippen molar-refractivity contribution in [1.82, 2.24) is 0 Å². The van der Waals surface area contributed by atoms with Gasteiger partial charge < -0.3 is 0 Å². The van der Waals surface area contributed by atoms with Crippen molar-refractivity contribution in [1.29, 1.82) is 0 Å². The van der Waals surface area contributed by atoms with Crippen LogP contribution in [0.1, 0.15) is 5.56 Å². The predicted octanol–water partition coefficient (Wildman–Crippen LogP) is 1.20. The number of aliphatic hydroxyl groups is 1. The van der Waals surface area contributed by atoms with E-state index in [2.05, 4.69) is 18.0 Å². The number of hydrogen-bond donors (Lipinski definition) is 1. The summed E-state index contributed by atoms with van der Waals surface area (Å²) in [6.45, 7) is 0.182. The summed E-state index contributed by atoms with van der Waals surface area (Å²) in [5, 5.41) is 8.86. The Kier molecular flexibility index (Phi) is 3.88. The second-order valence-corrected chi connectivity index (χ2v) is 11.0. The first-order valence-electron chi connectivity index (χ1n) is 3.12. The van der Waals surface area contributed by atoms with E-state index in [-0.39, 0.29) is 6.61 Å². The summed E-state index contributed by atoms with van der Waals surface area (Å²) >= 11 is 2.60. The van der Waals surface area contributed by atoms with Gasteiger partial charge in [-0.25, -0.2) is 0 Å². The standard InChI is InChI=1S/C7H7O.BrH.Hg/c8-6-7-4-2-1-3-5-7;;/h1-4,8H,6H2;1H;/q;;+1/p-1. The monoisotopic (exact) mass is 388 g/mol. The first-order valence-corrected chi connectivity index (χ1v) is 17.8. The van der Waals surface area contributed by atoms with Gasteiger partial charge in [0.1, 0.15) is 0 Å². The van der Waals surface area contributed by atoms with Gasteiger partial charge in [-0.15, -0.1) is 0 Å². The van der Waals surface area contributed by atoms with Crippen LogP contribution in [0.4, 0.5) is 0 Å². The van der Waals surface area contributed by atoms with Gasteiger partial charge in [-0.05, 0) is 0 Å². The van der Waals surface area contributed by atoms with Gasteiger partial charge in [-0.3, -0.25) is 0 Å². The van der Waals surface area contributed by atoms with Crippen LogP contribution in [-0.4, -0.2) is 5.11 Å². The second kappa shape index (κ2) is 4.47. The number of halogens is 1. The molecule has 0 saturated carbocycles. The van der Waals surface area contributed by atoms with Crippen molar-refractivity contribution in [2.75, 3.05) is 0 Å². The third-order valence-electron chi connectivity index (χ3n) is 1.43. The predicted molar refractivity (Wildman–Crippen MR) is 40.9 cm³/mol. The fourth-order valence-corrected chi connectivity index (χ4v) is 8.08. The summed E-state index contributed by atoms with van der Waals surface area (Å²) in [4.78, 5) is 0. The zero-order valence-electron chi connectivity index (χ0n) is 5.55.